The van der Waals surface area contributed by atoms with Gasteiger partial charge in [0.05, 0.1) is 13.3 Å². The fourth-order valence-electron chi connectivity index (χ4n) is 3.77. The summed E-state index contributed by atoms with van der Waals surface area (Å²) in [5.74, 6) is 2.84. The Morgan fingerprint density at radius 1 is 0.912 bits per heavy atom. The minimum absolute atomic E-state index is 0.147. The van der Waals surface area contributed by atoms with Crippen LogP contribution in [0.3, 0.4) is 0 Å². The van der Waals surface area contributed by atoms with Crippen molar-refractivity contribution >= 4 is 23.1 Å². The monoisotopic (exact) mass is 455 g/mol. The van der Waals surface area contributed by atoms with E-state index in [4.69, 9.17) is 20.9 Å². The molecular formula is C27H29N5O2. The minimum atomic E-state index is 0.147. The molecule has 34 heavy (non-hydrogen) atoms. The highest BCUT2D eigenvalue weighted by atomic mass is 16.5. The fourth-order valence-corrected chi connectivity index (χ4v) is 3.77. The number of methoxy groups -OCH3 is 1. The molecule has 0 aliphatic heterocycles. The molecule has 174 valence electrons. The number of nitrogens with zero attached hydrogens (tertiary/aromatic N) is 2. The van der Waals surface area contributed by atoms with Crippen LogP contribution in [0.15, 0.2) is 66.9 Å². The smallest absolute Gasteiger partial charge is 0.222 e. The molecule has 0 saturated carbocycles. The van der Waals surface area contributed by atoms with Gasteiger partial charge in [0.25, 0.3) is 0 Å². The third kappa shape index (κ3) is 4.88. The zero-order valence-electron chi connectivity index (χ0n) is 19.8. The normalized spacial score (nSPS) is 10.9. The number of nitrogens with one attached hydrogen (secondary N) is 1. The number of nitrogen functional groups attached to an aromatic ring is 2. The summed E-state index contributed by atoms with van der Waals surface area (Å²) in [6, 6.07) is 19.7. The third-order valence-electron chi connectivity index (χ3n) is 5.54. The molecule has 4 aromatic rings. The van der Waals surface area contributed by atoms with E-state index in [2.05, 4.69) is 29.1 Å². The molecule has 0 bridgehead atoms. The number of rotatable bonds is 7. The van der Waals surface area contributed by atoms with Crippen molar-refractivity contribution in [2.75, 3.05) is 23.9 Å². The lowest BCUT2D eigenvalue weighted by Crippen LogP contribution is -2.04. The van der Waals surface area contributed by atoms with Crippen molar-refractivity contribution in [3.63, 3.8) is 0 Å². The number of hydrogen-bond acceptors (Lipinski definition) is 7. The molecular weight excluding hydrogens is 426 g/mol. The van der Waals surface area contributed by atoms with E-state index in [-0.39, 0.29) is 11.9 Å². The van der Waals surface area contributed by atoms with Crippen molar-refractivity contribution in [2.24, 2.45) is 0 Å². The lowest BCUT2D eigenvalue weighted by Gasteiger charge is -2.18. The number of para-hydroxylation sites is 1. The van der Waals surface area contributed by atoms with Gasteiger partial charge in [-0.2, -0.15) is 4.98 Å². The number of aryl methyl sites for hydroxylation is 1. The standard InChI is InChI=1S/C27H29N5O2/c1-16(2)21-14-23(33-4)17(3)12-24(21)34-25-15-30-27(29)32-26(25)31-19-9-7-8-18(13-19)20-10-5-6-11-22(20)28/h5-16H,28H2,1-4H3,(H3,29,30,31,32). The maximum atomic E-state index is 6.32. The molecule has 0 spiro atoms. The number of ether oxygens (including phenoxy) is 2. The molecule has 0 radical (unpaired) electrons. The highest BCUT2D eigenvalue weighted by Crippen LogP contribution is 2.38. The van der Waals surface area contributed by atoms with Gasteiger partial charge in [-0.1, -0.05) is 44.2 Å². The van der Waals surface area contributed by atoms with Crippen LogP contribution < -0.4 is 26.3 Å². The van der Waals surface area contributed by atoms with Gasteiger partial charge in [-0.3, -0.25) is 0 Å². The molecule has 0 unspecified atom stereocenters. The van der Waals surface area contributed by atoms with Crippen molar-refractivity contribution in [1.82, 2.24) is 9.97 Å². The summed E-state index contributed by atoms with van der Waals surface area (Å²) < 4.78 is 11.8. The number of hydrogen-bond donors (Lipinski definition) is 3. The lowest BCUT2D eigenvalue weighted by atomic mass is 10.00. The van der Waals surface area contributed by atoms with Crippen LogP contribution >= 0.6 is 0 Å². The Kier molecular flexibility index (Phi) is 6.54. The Labute approximate surface area is 199 Å². The Morgan fingerprint density at radius 3 is 2.44 bits per heavy atom. The first-order chi connectivity index (χ1) is 16.4. The summed E-state index contributed by atoms with van der Waals surface area (Å²) in [5.41, 5.74) is 17.5. The number of aromatic nitrogens is 2. The van der Waals surface area contributed by atoms with Crippen LogP contribution in [0.5, 0.6) is 17.2 Å². The second-order valence-corrected chi connectivity index (χ2v) is 8.35. The third-order valence-corrected chi connectivity index (χ3v) is 5.54. The Balaban J connectivity index is 1.69. The molecule has 3 aromatic carbocycles. The van der Waals surface area contributed by atoms with Gasteiger partial charge < -0.3 is 26.3 Å². The first kappa shape index (κ1) is 22.9. The zero-order chi connectivity index (χ0) is 24.2. The molecule has 7 heteroatoms. The van der Waals surface area contributed by atoms with Crippen LogP contribution in [0, 0.1) is 6.92 Å². The second kappa shape index (κ2) is 9.70. The van der Waals surface area contributed by atoms with Crippen LogP contribution in [-0.2, 0) is 0 Å². The molecule has 1 heterocycles. The van der Waals surface area contributed by atoms with E-state index in [0.29, 0.717) is 17.3 Å². The van der Waals surface area contributed by atoms with Crippen LogP contribution in [0.4, 0.5) is 23.1 Å². The fraction of sp³-hybridized carbons (Fsp3) is 0.185. The van der Waals surface area contributed by atoms with Gasteiger partial charge in [0, 0.05) is 22.5 Å². The summed E-state index contributed by atoms with van der Waals surface area (Å²) in [6.45, 7) is 6.20. The van der Waals surface area contributed by atoms with Crippen molar-refractivity contribution < 1.29 is 9.47 Å². The number of anilines is 4. The van der Waals surface area contributed by atoms with E-state index in [1.165, 1.54) is 0 Å². The predicted molar refractivity (Wildman–Crippen MR) is 138 cm³/mol. The Morgan fingerprint density at radius 2 is 1.71 bits per heavy atom. The molecule has 4 rings (SSSR count). The van der Waals surface area contributed by atoms with E-state index in [1.807, 2.05) is 67.6 Å². The van der Waals surface area contributed by atoms with Gasteiger partial charge in [-0.05, 0) is 54.3 Å². The number of nitrogens with two attached hydrogens (primary N) is 2. The predicted octanol–water partition coefficient (Wildman–Crippen LogP) is 6.28. The molecule has 0 fully saturated rings. The van der Waals surface area contributed by atoms with Gasteiger partial charge in [0.15, 0.2) is 11.6 Å². The summed E-state index contributed by atoms with van der Waals surface area (Å²) >= 11 is 0. The van der Waals surface area contributed by atoms with Crippen LogP contribution in [0.2, 0.25) is 0 Å². The van der Waals surface area contributed by atoms with Gasteiger partial charge in [0.1, 0.15) is 11.5 Å². The first-order valence-corrected chi connectivity index (χ1v) is 11.1. The Bertz CT molecular complexity index is 1320. The summed E-state index contributed by atoms with van der Waals surface area (Å²) in [5, 5.41) is 3.33. The van der Waals surface area contributed by atoms with Crippen molar-refractivity contribution in [3.05, 3.63) is 78.0 Å². The number of benzene rings is 3. The largest absolute Gasteiger partial charge is 0.496 e. The molecule has 0 aliphatic carbocycles. The van der Waals surface area contributed by atoms with Crippen molar-refractivity contribution in [3.8, 4) is 28.4 Å². The molecule has 1 aromatic heterocycles. The summed E-state index contributed by atoms with van der Waals surface area (Å²) in [6.07, 6.45) is 1.58. The highest BCUT2D eigenvalue weighted by molar-refractivity contribution is 5.79. The first-order valence-electron chi connectivity index (χ1n) is 11.1. The molecule has 5 N–H and O–H groups in total. The molecule has 0 amide bonds. The van der Waals surface area contributed by atoms with E-state index in [0.717, 1.165) is 39.4 Å². The van der Waals surface area contributed by atoms with Crippen molar-refractivity contribution in [2.45, 2.75) is 26.7 Å². The average molecular weight is 456 g/mol. The van der Waals surface area contributed by atoms with Gasteiger partial charge in [0.2, 0.25) is 5.95 Å². The Hall–Kier alpha value is -4.26. The van der Waals surface area contributed by atoms with Gasteiger partial charge in [-0.25, -0.2) is 4.98 Å². The average Bonchev–Trinajstić information content (AvgIpc) is 2.81. The SMILES string of the molecule is COc1cc(C(C)C)c(Oc2cnc(N)nc2Nc2cccc(-c3ccccc3N)c2)cc1C. The van der Waals surface area contributed by atoms with Gasteiger partial charge in [-0.15, -0.1) is 0 Å². The quantitative estimate of drug-likeness (QED) is 0.281. The van der Waals surface area contributed by atoms with Gasteiger partial charge >= 0.3 is 0 Å². The highest BCUT2D eigenvalue weighted by Gasteiger charge is 2.16. The minimum Gasteiger partial charge on any atom is -0.496 e. The molecule has 7 nitrogen and oxygen atoms in total. The maximum Gasteiger partial charge on any atom is 0.222 e. The summed E-state index contributed by atoms with van der Waals surface area (Å²) in [4.78, 5) is 8.54. The summed E-state index contributed by atoms with van der Waals surface area (Å²) in [7, 11) is 1.67. The van der Waals surface area contributed by atoms with E-state index in [1.54, 1.807) is 13.3 Å². The zero-order valence-corrected chi connectivity index (χ0v) is 19.8. The topological polar surface area (TPSA) is 108 Å². The van der Waals surface area contributed by atoms with Crippen molar-refractivity contribution in [1.29, 1.82) is 0 Å². The second-order valence-electron chi connectivity index (χ2n) is 8.35. The molecule has 0 saturated heterocycles. The van der Waals surface area contributed by atoms with E-state index < -0.39 is 0 Å². The van der Waals surface area contributed by atoms with Crippen LogP contribution in [-0.4, -0.2) is 17.1 Å². The van der Waals surface area contributed by atoms with E-state index in [9.17, 15) is 0 Å². The maximum absolute atomic E-state index is 6.32. The lowest BCUT2D eigenvalue weighted by molar-refractivity contribution is 0.407. The molecule has 0 aliphatic rings. The van der Waals surface area contributed by atoms with Crippen LogP contribution in [0.1, 0.15) is 30.9 Å². The van der Waals surface area contributed by atoms with E-state index >= 15 is 0 Å². The van der Waals surface area contributed by atoms with Crippen LogP contribution in [0.25, 0.3) is 11.1 Å². The molecule has 0 atom stereocenters.